The van der Waals surface area contributed by atoms with E-state index in [1.807, 2.05) is 31.2 Å². The van der Waals surface area contributed by atoms with Crippen molar-refractivity contribution >= 4 is 17.6 Å². The molecule has 2 amide bonds. The molecule has 1 atom stereocenters. The second kappa shape index (κ2) is 5.60. The summed E-state index contributed by atoms with van der Waals surface area (Å²) >= 11 is 0. The molecule has 5 N–H and O–H groups in total. The summed E-state index contributed by atoms with van der Waals surface area (Å²) < 4.78 is 0. The van der Waals surface area contributed by atoms with E-state index in [0.29, 0.717) is 5.69 Å². The van der Waals surface area contributed by atoms with E-state index in [0.717, 1.165) is 18.4 Å². The molecule has 19 heavy (non-hydrogen) atoms. The highest BCUT2D eigenvalue weighted by molar-refractivity contribution is 5.95. The van der Waals surface area contributed by atoms with Gasteiger partial charge in [-0.3, -0.25) is 0 Å². The Morgan fingerprint density at radius 3 is 2.58 bits per heavy atom. The second-order valence-corrected chi connectivity index (χ2v) is 4.80. The molecule has 1 saturated carbocycles. The maximum atomic E-state index is 11.8. The Kier molecular flexibility index (Phi) is 3.89. The average Bonchev–Trinajstić information content (AvgIpc) is 3.22. The first-order valence-corrected chi connectivity index (χ1v) is 6.21. The summed E-state index contributed by atoms with van der Waals surface area (Å²) in [5.41, 5.74) is 7.41. The molecule has 0 bridgehead atoms. The van der Waals surface area contributed by atoms with Gasteiger partial charge < -0.3 is 21.6 Å². The SMILES string of the molecule is Cc1ccc(NC(=O)NC(C(N)=NO)C2CC2)cc1. The molecule has 102 valence electrons. The molecule has 1 aliphatic carbocycles. The molecule has 6 nitrogen and oxygen atoms in total. The molecule has 0 spiro atoms. The highest BCUT2D eigenvalue weighted by Crippen LogP contribution is 2.32. The molecule has 0 aromatic heterocycles. The standard InChI is InChI=1S/C13H18N4O2/c1-8-2-6-10(7-3-8)15-13(18)16-11(9-4-5-9)12(14)17-19/h2-3,6-7,9,11,19H,4-5H2,1H3,(H2,14,17)(H2,15,16,18). The number of oxime groups is 1. The fraction of sp³-hybridized carbons (Fsp3) is 0.385. The van der Waals surface area contributed by atoms with Gasteiger partial charge >= 0.3 is 6.03 Å². The maximum absolute atomic E-state index is 11.8. The minimum absolute atomic E-state index is 0.0431. The first kappa shape index (κ1) is 13.2. The molecule has 1 aliphatic rings. The van der Waals surface area contributed by atoms with Crippen molar-refractivity contribution in [3.05, 3.63) is 29.8 Å². The number of amides is 2. The van der Waals surface area contributed by atoms with E-state index in [9.17, 15) is 4.79 Å². The topological polar surface area (TPSA) is 99.7 Å². The van der Waals surface area contributed by atoms with Crippen LogP contribution in [0.15, 0.2) is 29.4 Å². The number of hydrogen-bond donors (Lipinski definition) is 4. The molecule has 0 heterocycles. The number of aryl methyl sites for hydroxylation is 1. The summed E-state index contributed by atoms with van der Waals surface area (Å²) in [7, 11) is 0. The Labute approximate surface area is 111 Å². The van der Waals surface area contributed by atoms with Crippen LogP contribution in [0.5, 0.6) is 0 Å². The number of nitrogens with one attached hydrogen (secondary N) is 2. The number of hydrogen-bond acceptors (Lipinski definition) is 3. The van der Waals surface area contributed by atoms with Crippen molar-refractivity contribution in [2.45, 2.75) is 25.8 Å². The van der Waals surface area contributed by atoms with Crippen LogP contribution >= 0.6 is 0 Å². The Morgan fingerprint density at radius 1 is 1.42 bits per heavy atom. The van der Waals surface area contributed by atoms with Gasteiger partial charge in [-0.1, -0.05) is 22.9 Å². The zero-order valence-corrected chi connectivity index (χ0v) is 10.8. The Bertz CT molecular complexity index is 480. The van der Waals surface area contributed by atoms with Gasteiger partial charge in [0.05, 0.1) is 6.04 Å². The Balaban J connectivity index is 1.94. The van der Waals surface area contributed by atoms with Crippen LogP contribution in [0.3, 0.4) is 0 Å². The van der Waals surface area contributed by atoms with E-state index in [1.165, 1.54) is 0 Å². The van der Waals surface area contributed by atoms with Gasteiger partial charge in [0.25, 0.3) is 0 Å². The zero-order chi connectivity index (χ0) is 13.8. The predicted octanol–water partition coefficient (Wildman–Crippen LogP) is 1.64. The molecule has 1 unspecified atom stereocenters. The first-order valence-electron chi connectivity index (χ1n) is 6.21. The lowest BCUT2D eigenvalue weighted by molar-refractivity contribution is 0.249. The Hall–Kier alpha value is -2.24. The Morgan fingerprint density at radius 2 is 2.05 bits per heavy atom. The van der Waals surface area contributed by atoms with Crippen molar-refractivity contribution in [3.63, 3.8) is 0 Å². The smallest absolute Gasteiger partial charge is 0.319 e. The van der Waals surface area contributed by atoms with Gasteiger partial charge in [-0.05, 0) is 37.8 Å². The molecule has 6 heteroatoms. The maximum Gasteiger partial charge on any atom is 0.319 e. The van der Waals surface area contributed by atoms with E-state index >= 15 is 0 Å². The van der Waals surface area contributed by atoms with Crippen molar-refractivity contribution in [3.8, 4) is 0 Å². The number of urea groups is 1. The molecular formula is C13H18N4O2. The minimum Gasteiger partial charge on any atom is -0.409 e. The third-order valence-electron chi connectivity index (χ3n) is 3.12. The van der Waals surface area contributed by atoms with E-state index in [2.05, 4.69) is 15.8 Å². The average molecular weight is 262 g/mol. The summed E-state index contributed by atoms with van der Waals surface area (Å²) in [5, 5.41) is 17.1. The summed E-state index contributed by atoms with van der Waals surface area (Å²) in [5.74, 6) is 0.307. The monoisotopic (exact) mass is 262 g/mol. The summed E-state index contributed by atoms with van der Waals surface area (Å²) in [4.78, 5) is 11.8. The number of carbonyl (C=O) groups excluding carboxylic acids is 1. The van der Waals surface area contributed by atoms with Crippen molar-refractivity contribution < 1.29 is 10.0 Å². The first-order chi connectivity index (χ1) is 9.10. The molecule has 2 rings (SSSR count). The quantitative estimate of drug-likeness (QED) is 0.287. The predicted molar refractivity (Wildman–Crippen MR) is 73.3 cm³/mol. The normalized spacial score (nSPS) is 16.8. The lowest BCUT2D eigenvalue weighted by Crippen LogP contribution is -2.47. The van der Waals surface area contributed by atoms with Gasteiger partial charge in [0.2, 0.25) is 0 Å². The van der Waals surface area contributed by atoms with Crippen LogP contribution in [0.25, 0.3) is 0 Å². The van der Waals surface area contributed by atoms with E-state index in [-0.39, 0.29) is 17.8 Å². The third kappa shape index (κ3) is 3.61. The highest BCUT2D eigenvalue weighted by Gasteiger charge is 2.35. The van der Waals surface area contributed by atoms with Crippen LogP contribution in [-0.2, 0) is 0 Å². The molecule has 0 radical (unpaired) electrons. The number of nitrogens with zero attached hydrogens (tertiary/aromatic N) is 1. The summed E-state index contributed by atoms with van der Waals surface area (Å²) in [6, 6.07) is 6.72. The zero-order valence-electron chi connectivity index (χ0n) is 10.8. The lowest BCUT2D eigenvalue weighted by Gasteiger charge is -2.17. The van der Waals surface area contributed by atoms with Crippen LogP contribution < -0.4 is 16.4 Å². The minimum atomic E-state index is -0.407. The van der Waals surface area contributed by atoms with Crippen molar-refractivity contribution in [1.29, 1.82) is 0 Å². The van der Waals surface area contributed by atoms with Crippen LogP contribution in [0.2, 0.25) is 0 Å². The summed E-state index contributed by atoms with van der Waals surface area (Å²) in [6.07, 6.45) is 1.96. The number of amidine groups is 1. The van der Waals surface area contributed by atoms with Crippen LogP contribution in [0.4, 0.5) is 10.5 Å². The molecule has 0 saturated heterocycles. The fourth-order valence-electron chi connectivity index (χ4n) is 1.87. The van der Waals surface area contributed by atoms with Crippen molar-refractivity contribution in [2.24, 2.45) is 16.8 Å². The number of nitrogens with two attached hydrogens (primary N) is 1. The van der Waals surface area contributed by atoms with Gasteiger partial charge in [-0.15, -0.1) is 0 Å². The highest BCUT2D eigenvalue weighted by atomic mass is 16.4. The lowest BCUT2D eigenvalue weighted by atomic mass is 10.1. The molecular weight excluding hydrogens is 244 g/mol. The fourth-order valence-corrected chi connectivity index (χ4v) is 1.87. The number of rotatable bonds is 4. The molecule has 1 aromatic carbocycles. The van der Waals surface area contributed by atoms with Crippen LogP contribution in [0, 0.1) is 12.8 Å². The van der Waals surface area contributed by atoms with Gasteiger partial charge in [0.15, 0.2) is 5.84 Å². The second-order valence-electron chi connectivity index (χ2n) is 4.80. The van der Waals surface area contributed by atoms with Gasteiger partial charge in [0, 0.05) is 5.69 Å². The molecule has 1 aromatic rings. The van der Waals surface area contributed by atoms with E-state index in [1.54, 1.807) is 0 Å². The van der Waals surface area contributed by atoms with Crippen molar-refractivity contribution in [2.75, 3.05) is 5.32 Å². The third-order valence-corrected chi connectivity index (χ3v) is 3.12. The van der Waals surface area contributed by atoms with Gasteiger partial charge in [0.1, 0.15) is 0 Å². The van der Waals surface area contributed by atoms with Crippen LogP contribution in [-0.4, -0.2) is 23.1 Å². The van der Waals surface area contributed by atoms with E-state index < -0.39 is 6.04 Å². The number of carbonyl (C=O) groups is 1. The van der Waals surface area contributed by atoms with Crippen LogP contribution in [0.1, 0.15) is 18.4 Å². The molecule has 0 aliphatic heterocycles. The van der Waals surface area contributed by atoms with Crippen molar-refractivity contribution in [1.82, 2.24) is 5.32 Å². The van der Waals surface area contributed by atoms with Gasteiger partial charge in [-0.25, -0.2) is 4.79 Å². The number of anilines is 1. The number of benzene rings is 1. The largest absolute Gasteiger partial charge is 0.409 e. The summed E-state index contributed by atoms with van der Waals surface area (Å²) in [6.45, 7) is 1.98. The van der Waals surface area contributed by atoms with E-state index in [4.69, 9.17) is 10.9 Å². The van der Waals surface area contributed by atoms with Gasteiger partial charge in [-0.2, -0.15) is 0 Å². The molecule has 1 fully saturated rings.